The molecule has 1 saturated carbocycles. The number of carbonyl (C=O) groups is 1. The molecule has 1 fully saturated rings. The van der Waals surface area contributed by atoms with Crippen molar-refractivity contribution in [1.29, 1.82) is 0 Å². The Bertz CT molecular complexity index is 620. The Morgan fingerprint density at radius 3 is 2.67 bits per heavy atom. The number of rotatable bonds is 8. The zero-order valence-corrected chi connectivity index (χ0v) is 16.9. The molecule has 7 heteroatoms. The molecule has 1 amide bonds. The summed E-state index contributed by atoms with van der Waals surface area (Å²) in [7, 11) is 1.66. The molecule has 1 aliphatic heterocycles. The quantitative estimate of drug-likeness (QED) is 0.728. The molecule has 1 aromatic rings. The van der Waals surface area contributed by atoms with E-state index in [0.717, 1.165) is 29.9 Å². The first kappa shape index (κ1) is 21.8. The van der Waals surface area contributed by atoms with Crippen molar-refractivity contribution < 1.29 is 19.0 Å². The fourth-order valence-electron chi connectivity index (χ4n) is 3.94. The minimum absolute atomic E-state index is 0. The summed E-state index contributed by atoms with van der Waals surface area (Å²) in [5.41, 5.74) is 7.07. The molecule has 152 valence electrons. The van der Waals surface area contributed by atoms with Crippen LogP contribution in [-0.4, -0.2) is 44.4 Å². The lowest BCUT2D eigenvalue weighted by molar-refractivity contribution is -0.135. The number of benzene rings is 1. The molecule has 27 heavy (non-hydrogen) atoms. The van der Waals surface area contributed by atoms with Gasteiger partial charge < -0.3 is 24.8 Å². The average molecular weight is 399 g/mol. The van der Waals surface area contributed by atoms with E-state index in [-0.39, 0.29) is 30.5 Å². The van der Waals surface area contributed by atoms with Gasteiger partial charge in [-0.2, -0.15) is 0 Å². The van der Waals surface area contributed by atoms with Crippen LogP contribution in [0.5, 0.6) is 11.5 Å². The van der Waals surface area contributed by atoms with Crippen LogP contribution < -0.4 is 15.2 Å². The maximum absolute atomic E-state index is 13.1. The molecule has 6 nitrogen and oxygen atoms in total. The SMILES string of the molecule is COCCN(Cc1ccc2c(c1)OCO2)C(=O)CC1(CN)CCCCC1.Cl. The van der Waals surface area contributed by atoms with E-state index >= 15 is 0 Å². The van der Waals surface area contributed by atoms with Crippen LogP contribution in [0.4, 0.5) is 0 Å². The van der Waals surface area contributed by atoms with Crippen LogP contribution in [0.15, 0.2) is 18.2 Å². The molecule has 0 spiro atoms. The Hall–Kier alpha value is -1.50. The van der Waals surface area contributed by atoms with E-state index < -0.39 is 0 Å². The summed E-state index contributed by atoms with van der Waals surface area (Å²) in [6.07, 6.45) is 6.22. The van der Waals surface area contributed by atoms with E-state index in [4.69, 9.17) is 19.9 Å². The molecular weight excluding hydrogens is 368 g/mol. The monoisotopic (exact) mass is 398 g/mol. The largest absolute Gasteiger partial charge is 0.454 e. The first-order valence-electron chi connectivity index (χ1n) is 9.51. The van der Waals surface area contributed by atoms with Crippen LogP contribution in [0, 0.1) is 5.41 Å². The number of halogens is 1. The molecule has 0 unspecified atom stereocenters. The van der Waals surface area contributed by atoms with E-state index in [1.807, 2.05) is 23.1 Å². The minimum Gasteiger partial charge on any atom is -0.454 e. The van der Waals surface area contributed by atoms with Crippen molar-refractivity contribution in [3.05, 3.63) is 23.8 Å². The Labute approximate surface area is 167 Å². The van der Waals surface area contributed by atoms with Crippen molar-refractivity contribution in [2.24, 2.45) is 11.1 Å². The first-order chi connectivity index (χ1) is 12.7. The van der Waals surface area contributed by atoms with Crippen LogP contribution in [0.3, 0.4) is 0 Å². The normalized spacial score (nSPS) is 17.3. The number of carbonyl (C=O) groups excluding carboxylic acids is 1. The fourth-order valence-corrected chi connectivity index (χ4v) is 3.94. The predicted molar refractivity (Wildman–Crippen MR) is 106 cm³/mol. The number of fused-ring (bicyclic) bond motifs is 1. The van der Waals surface area contributed by atoms with Crippen molar-refractivity contribution in [1.82, 2.24) is 4.90 Å². The molecule has 1 aromatic carbocycles. The van der Waals surface area contributed by atoms with E-state index in [1.165, 1.54) is 19.3 Å². The van der Waals surface area contributed by atoms with Crippen molar-refractivity contribution in [3.63, 3.8) is 0 Å². The minimum atomic E-state index is -0.0322. The van der Waals surface area contributed by atoms with E-state index in [2.05, 4.69) is 0 Å². The van der Waals surface area contributed by atoms with Crippen LogP contribution >= 0.6 is 12.4 Å². The number of amides is 1. The lowest BCUT2D eigenvalue weighted by atomic mass is 9.71. The van der Waals surface area contributed by atoms with E-state index in [1.54, 1.807) is 7.11 Å². The summed E-state index contributed by atoms with van der Waals surface area (Å²) in [4.78, 5) is 15.0. The highest BCUT2D eigenvalue weighted by Crippen LogP contribution is 2.39. The Morgan fingerprint density at radius 2 is 1.96 bits per heavy atom. The number of methoxy groups -OCH3 is 1. The third kappa shape index (κ3) is 5.50. The molecule has 0 radical (unpaired) electrons. The molecule has 1 aliphatic carbocycles. The van der Waals surface area contributed by atoms with E-state index in [0.29, 0.717) is 32.7 Å². The Kier molecular flexibility index (Phi) is 8.20. The molecule has 1 heterocycles. The molecular formula is C20H31ClN2O4. The summed E-state index contributed by atoms with van der Waals surface area (Å²) in [5.74, 6) is 1.66. The molecule has 0 aromatic heterocycles. The van der Waals surface area contributed by atoms with Gasteiger partial charge in [-0.25, -0.2) is 0 Å². The molecule has 2 aliphatic rings. The zero-order valence-electron chi connectivity index (χ0n) is 16.1. The smallest absolute Gasteiger partial charge is 0.231 e. The predicted octanol–water partition coefficient (Wildman–Crippen LogP) is 3.11. The number of nitrogens with zero attached hydrogens (tertiary/aromatic N) is 1. The lowest BCUT2D eigenvalue weighted by Gasteiger charge is -2.37. The molecule has 0 bridgehead atoms. The van der Waals surface area contributed by atoms with Gasteiger partial charge in [0.1, 0.15) is 0 Å². The van der Waals surface area contributed by atoms with Gasteiger partial charge in [0.2, 0.25) is 12.7 Å². The Morgan fingerprint density at radius 1 is 1.22 bits per heavy atom. The number of hydrogen-bond donors (Lipinski definition) is 1. The highest BCUT2D eigenvalue weighted by Gasteiger charge is 2.34. The molecule has 0 atom stereocenters. The van der Waals surface area contributed by atoms with Crippen LogP contribution in [-0.2, 0) is 16.1 Å². The second kappa shape index (κ2) is 10.2. The molecule has 0 saturated heterocycles. The van der Waals surface area contributed by atoms with Crippen LogP contribution in [0.2, 0.25) is 0 Å². The maximum atomic E-state index is 13.1. The summed E-state index contributed by atoms with van der Waals surface area (Å²) < 4.78 is 16.0. The van der Waals surface area contributed by atoms with Crippen molar-refractivity contribution >= 4 is 18.3 Å². The fraction of sp³-hybridized carbons (Fsp3) is 0.650. The third-order valence-electron chi connectivity index (χ3n) is 5.60. The van der Waals surface area contributed by atoms with Gasteiger partial charge in [0.25, 0.3) is 0 Å². The summed E-state index contributed by atoms with van der Waals surface area (Å²) in [6.45, 7) is 2.47. The second-order valence-corrected chi connectivity index (χ2v) is 7.44. The van der Waals surface area contributed by atoms with Gasteiger partial charge in [0.05, 0.1) is 6.61 Å². The van der Waals surface area contributed by atoms with Crippen molar-refractivity contribution in [3.8, 4) is 11.5 Å². The van der Waals surface area contributed by atoms with Crippen LogP contribution in [0.25, 0.3) is 0 Å². The lowest BCUT2D eigenvalue weighted by Crippen LogP contribution is -2.41. The van der Waals surface area contributed by atoms with Gasteiger partial charge in [0.15, 0.2) is 11.5 Å². The van der Waals surface area contributed by atoms with Gasteiger partial charge in [0, 0.05) is 26.6 Å². The van der Waals surface area contributed by atoms with Crippen LogP contribution in [0.1, 0.15) is 44.1 Å². The van der Waals surface area contributed by atoms with Gasteiger partial charge >= 0.3 is 0 Å². The highest BCUT2D eigenvalue weighted by atomic mass is 35.5. The first-order valence-corrected chi connectivity index (χ1v) is 9.51. The number of ether oxygens (including phenoxy) is 3. The topological polar surface area (TPSA) is 74.0 Å². The standard InChI is InChI=1S/C20H30N2O4.ClH/c1-24-10-9-22(13-16-5-6-17-18(11-16)26-15-25-17)19(23)12-20(14-21)7-3-2-4-8-20;/h5-6,11H,2-4,7-10,12-15,21H2,1H3;1H. The summed E-state index contributed by atoms with van der Waals surface area (Å²) >= 11 is 0. The maximum Gasteiger partial charge on any atom is 0.231 e. The third-order valence-corrected chi connectivity index (χ3v) is 5.60. The summed E-state index contributed by atoms with van der Waals surface area (Å²) in [5, 5.41) is 0. The number of nitrogens with two attached hydrogens (primary N) is 1. The molecule has 2 N–H and O–H groups in total. The highest BCUT2D eigenvalue weighted by molar-refractivity contribution is 5.85. The van der Waals surface area contributed by atoms with Gasteiger partial charge in [-0.15, -0.1) is 12.4 Å². The van der Waals surface area contributed by atoms with Crippen molar-refractivity contribution in [2.45, 2.75) is 45.1 Å². The van der Waals surface area contributed by atoms with Gasteiger partial charge in [-0.1, -0.05) is 25.3 Å². The van der Waals surface area contributed by atoms with Crippen molar-refractivity contribution in [2.75, 3.05) is 33.6 Å². The average Bonchev–Trinajstić information content (AvgIpc) is 3.13. The zero-order chi connectivity index (χ0) is 18.4. The number of hydrogen-bond acceptors (Lipinski definition) is 5. The van der Waals surface area contributed by atoms with Gasteiger partial charge in [-0.3, -0.25) is 4.79 Å². The Balaban J connectivity index is 0.00000261. The van der Waals surface area contributed by atoms with Gasteiger partial charge in [-0.05, 0) is 42.5 Å². The summed E-state index contributed by atoms with van der Waals surface area (Å²) in [6, 6.07) is 5.84. The second-order valence-electron chi connectivity index (χ2n) is 7.44. The van der Waals surface area contributed by atoms with E-state index in [9.17, 15) is 4.79 Å². The molecule has 3 rings (SSSR count).